The Bertz CT molecular complexity index is 1400. The summed E-state index contributed by atoms with van der Waals surface area (Å²) in [6.45, 7) is 1.94. The number of carbonyl (C=O) groups excluding carboxylic acids is 1. The Morgan fingerprint density at radius 1 is 1.00 bits per heavy atom. The lowest BCUT2D eigenvalue weighted by Crippen LogP contribution is -2.13. The van der Waals surface area contributed by atoms with Crippen LogP contribution in [0.15, 0.2) is 59.0 Å². The van der Waals surface area contributed by atoms with Crippen LogP contribution in [-0.4, -0.2) is 27.8 Å². The van der Waals surface area contributed by atoms with Gasteiger partial charge in [-0.1, -0.05) is 6.07 Å². The minimum atomic E-state index is -0.806. The molecule has 0 spiro atoms. The number of nitrogens with one attached hydrogen (secondary N) is 1. The SMILES string of the molecule is COc1ccc(-c2nc3cc(C)ccc3o2)cc1NC(=O)c1cc([N+](=O)[O-])cc([N+](=O)[O-])c1. The molecule has 0 bridgehead atoms. The molecule has 1 amide bonds. The smallest absolute Gasteiger partial charge is 0.277 e. The first-order chi connectivity index (χ1) is 15.7. The second-order valence-corrected chi connectivity index (χ2v) is 7.11. The van der Waals surface area contributed by atoms with Gasteiger partial charge in [0.15, 0.2) is 5.58 Å². The molecule has 0 aliphatic carbocycles. The monoisotopic (exact) mass is 448 g/mol. The topological polar surface area (TPSA) is 151 Å². The van der Waals surface area contributed by atoms with E-state index in [0.29, 0.717) is 28.3 Å². The van der Waals surface area contributed by atoms with Gasteiger partial charge in [-0.2, -0.15) is 0 Å². The van der Waals surface area contributed by atoms with Crippen LogP contribution in [0.1, 0.15) is 15.9 Å². The molecule has 0 fully saturated rings. The number of methoxy groups -OCH3 is 1. The number of non-ortho nitro benzene ring substituents is 2. The number of amides is 1. The Kier molecular flexibility index (Phi) is 5.44. The van der Waals surface area contributed by atoms with E-state index in [1.54, 1.807) is 18.2 Å². The minimum absolute atomic E-state index is 0.229. The maximum Gasteiger partial charge on any atom is 0.277 e. The maximum atomic E-state index is 12.8. The van der Waals surface area contributed by atoms with Crippen LogP contribution in [0.4, 0.5) is 17.1 Å². The Balaban J connectivity index is 1.71. The summed E-state index contributed by atoms with van der Waals surface area (Å²) in [5, 5.41) is 24.8. The van der Waals surface area contributed by atoms with Crippen LogP contribution in [0, 0.1) is 27.2 Å². The zero-order valence-corrected chi connectivity index (χ0v) is 17.4. The average Bonchev–Trinajstić information content (AvgIpc) is 3.21. The number of nitro benzene ring substituents is 2. The predicted molar refractivity (Wildman–Crippen MR) is 118 cm³/mol. The highest BCUT2D eigenvalue weighted by molar-refractivity contribution is 6.06. The van der Waals surface area contributed by atoms with E-state index in [2.05, 4.69) is 10.3 Å². The third kappa shape index (κ3) is 4.32. The number of aromatic nitrogens is 1. The molecule has 4 aromatic rings. The summed E-state index contributed by atoms with van der Waals surface area (Å²) in [5.74, 6) is -0.163. The molecule has 11 nitrogen and oxygen atoms in total. The van der Waals surface area contributed by atoms with Crippen LogP contribution in [0.25, 0.3) is 22.6 Å². The number of nitrogens with zero attached hydrogens (tertiary/aromatic N) is 3. The van der Waals surface area contributed by atoms with Gasteiger partial charge in [0, 0.05) is 17.7 Å². The number of benzene rings is 3. The zero-order valence-electron chi connectivity index (χ0n) is 17.4. The van der Waals surface area contributed by atoms with E-state index < -0.39 is 27.1 Å². The normalized spacial score (nSPS) is 10.7. The van der Waals surface area contributed by atoms with E-state index in [1.807, 2.05) is 25.1 Å². The number of fused-ring (bicyclic) bond motifs is 1. The van der Waals surface area contributed by atoms with Crippen molar-refractivity contribution >= 4 is 34.1 Å². The van der Waals surface area contributed by atoms with Gasteiger partial charge in [0.2, 0.25) is 5.89 Å². The highest BCUT2D eigenvalue weighted by Gasteiger charge is 2.21. The van der Waals surface area contributed by atoms with Crippen molar-refractivity contribution in [2.24, 2.45) is 0 Å². The van der Waals surface area contributed by atoms with Gasteiger partial charge in [0.1, 0.15) is 11.3 Å². The van der Waals surface area contributed by atoms with E-state index in [4.69, 9.17) is 9.15 Å². The number of nitro groups is 2. The van der Waals surface area contributed by atoms with Crippen molar-refractivity contribution < 1.29 is 23.8 Å². The summed E-state index contributed by atoms with van der Waals surface area (Å²) in [6.07, 6.45) is 0. The lowest BCUT2D eigenvalue weighted by Gasteiger charge is -2.11. The molecule has 0 saturated carbocycles. The van der Waals surface area contributed by atoms with E-state index >= 15 is 0 Å². The molecule has 11 heteroatoms. The van der Waals surface area contributed by atoms with E-state index in [0.717, 1.165) is 23.8 Å². The first-order valence-electron chi connectivity index (χ1n) is 9.56. The summed E-state index contributed by atoms with van der Waals surface area (Å²) in [7, 11) is 1.41. The number of oxazole rings is 1. The largest absolute Gasteiger partial charge is 0.495 e. The molecule has 0 saturated heterocycles. The standard InChI is InChI=1S/C22H16N4O7/c1-12-3-5-20-17(7-12)24-22(33-20)13-4-6-19(32-2)18(10-13)23-21(27)14-8-15(25(28)29)11-16(9-14)26(30)31/h3-11H,1-2H3,(H,23,27). The lowest BCUT2D eigenvalue weighted by atomic mass is 10.1. The molecular formula is C22H16N4O7. The summed E-state index contributed by atoms with van der Waals surface area (Å²) in [6, 6.07) is 13.2. The fraction of sp³-hybridized carbons (Fsp3) is 0.0909. The molecule has 0 unspecified atom stereocenters. The summed E-state index contributed by atoms with van der Waals surface area (Å²) >= 11 is 0. The first kappa shape index (κ1) is 21.4. The van der Waals surface area contributed by atoms with Crippen molar-refractivity contribution in [1.29, 1.82) is 0 Å². The zero-order chi connectivity index (χ0) is 23.7. The van der Waals surface area contributed by atoms with Crippen molar-refractivity contribution in [2.45, 2.75) is 6.92 Å². The second kappa shape index (κ2) is 8.38. The molecular weight excluding hydrogens is 432 g/mol. The van der Waals surface area contributed by atoms with Crippen molar-refractivity contribution in [3.05, 3.63) is 86.0 Å². The number of aryl methyl sites for hydroxylation is 1. The van der Waals surface area contributed by atoms with Crippen molar-refractivity contribution in [1.82, 2.24) is 4.98 Å². The number of anilines is 1. The van der Waals surface area contributed by atoms with Gasteiger partial charge in [-0.15, -0.1) is 0 Å². The van der Waals surface area contributed by atoms with Crippen molar-refractivity contribution in [2.75, 3.05) is 12.4 Å². The molecule has 0 aliphatic heterocycles. The number of hydrogen-bond acceptors (Lipinski definition) is 8. The quantitative estimate of drug-likeness (QED) is 0.324. The maximum absolute atomic E-state index is 12.8. The van der Waals surface area contributed by atoms with E-state index in [-0.39, 0.29) is 11.3 Å². The van der Waals surface area contributed by atoms with Gasteiger partial charge in [0.25, 0.3) is 17.3 Å². The molecule has 3 aromatic carbocycles. The van der Waals surface area contributed by atoms with Crippen LogP contribution >= 0.6 is 0 Å². The van der Waals surface area contributed by atoms with E-state index in [9.17, 15) is 25.0 Å². The van der Waals surface area contributed by atoms with Crippen LogP contribution in [-0.2, 0) is 0 Å². The van der Waals surface area contributed by atoms with Crippen LogP contribution in [0.2, 0.25) is 0 Å². The average molecular weight is 448 g/mol. The fourth-order valence-corrected chi connectivity index (χ4v) is 3.23. The minimum Gasteiger partial charge on any atom is -0.495 e. The van der Waals surface area contributed by atoms with Crippen molar-refractivity contribution in [3.8, 4) is 17.2 Å². The third-order valence-corrected chi connectivity index (χ3v) is 4.82. The predicted octanol–water partition coefficient (Wildman–Crippen LogP) is 4.88. The van der Waals surface area contributed by atoms with Gasteiger partial charge < -0.3 is 14.5 Å². The molecule has 166 valence electrons. The number of carbonyl (C=O) groups is 1. The van der Waals surface area contributed by atoms with Gasteiger partial charge in [0.05, 0.1) is 34.3 Å². The van der Waals surface area contributed by atoms with Crippen LogP contribution < -0.4 is 10.1 Å². The van der Waals surface area contributed by atoms with Gasteiger partial charge >= 0.3 is 0 Å². The molecule has 0 atom stereocenters. The molecule has 0 aliphatic rings. The lowest BCUT2D eigenvalue weighted by molar-refractivity contribution is -0.394. The number of hydrogen-bond donors (Lipinski definition) is 1. The summed E-state index contributed by atoms with van der Waals surface area (Å²) < 4.78 is 11.1. The molecule has 4 rings (SSSR count). The summed E-state index contributed by atoms with van der Waals surface area (Å²) in [4.78, 5) is 37.9. The van der Waals surface area contributed by atoms with E-state index in [1.165, 1.54) is 7.11 Å². The Labute approximate surface area is 185 Å². The molecule has 0 radical (unpaired) electrons. The number of rotatable bonds is 6. The highest BCUT2D eigenvalue weighted by Crippen LogP contribution is 2.33. The molecule has 1 N–H and O–H groups in total. The van der Waals surface area contributed by atoms with Crippen LogP contribution in [0.3, 0.4) is 0 Å². The highest BCUT2D eigenvalue weighted by atomic mass is 16.6. The van der Waals surface area contributed by atoms with Crippen molar-refractivity contribution in [3.63, 3.8) is 0 Å². The third-order valence-electron chi connectivity index (χ3n) is 4.82. The molecule has 1 aromatic heterocycles. The molecule has 1 heterocycles. The second-order valence-electron chi connectivity index (χ2n) is 7.11. The Morgan fingerprint density at radius 3 is 2.33 bits per heavy atom. The molecule has 33 heavy (non-hydrogen) atoms. The van der Waals surface area contributed by atoms with Gasteiger partial charge in [-0.3, -0.25) is 25.0 Å². The number of ether oxygens (including phenoxy) is 1. The summed E-state index contributed by atoms with van der Waals surface area (Å²) in [5.41, 5.74) is 1.68. The Morgan fingerprint density at radius 2 is 1.70 bits per heavy atom. The first-order valence-corrected chi connectivity index (χ1v) is 9.56. The Hall–Kier alpha value is -4.80. The van der Waals surface area contributed by atoms with Crippen LogP contribution in [0.5, 0.6) is 5.75 Å². The fourth-order valence-electron chi connectivity index (χ4n) is 3.23. The van der Waals surface area contributed by atoms with Gasteiger partial charge in [-0.25, -0.2) is 4.98 Å². The van der Waals surface area contributed by atoms with Gasteiger partial charge in [-0.05, 0) is 42.8 Å².